The minimum atomic E-state index is -0.00520. The van der Waals surface area contributed by atoms with Crippen LogP contribution in [-0.2, 0) is 9.53 Å². The van der Waals surface area contributed by atoms with Crippen LogP contribution in [-0.4, -0.2) is 59.5 Å². The third-order valence-corrected chi connectivity index (χ3v) is 6.56. The van der Waals surface area contributed by atoms with Crippen LogP contribution in [0.4, 0.5) is 23.1 Å². The molecule has 1 aliphatic carbocycles. The van der Waals surface area contributed by atoms with E-state index in [4.69, 9.17) is 10.5 Å². The first kappa shape index (κ1) is 23.0. The molecule has 3 aromatic heterocycles. The lowest BCUT2D eigenvalue weighted by atomic mass is 10.1. The molecule has 3 atom stereocenters. The molecule has 10 heteroatoms. The van der Waals surface area contributed by atoms with Crippen molar-refractivity contribution in [1.82, 2.24) is 15.0 Å². The predicted octanol–water partition coefficient (Wildman–Crippen LogP) is 2.92. The summed E-state index contributed by atoms with van der Waals surface area (Å²) in [6, 6.07) is 5.66. The molecule has 182 valence electrons. The van der Waals surface area contributed by atoms with E-state index in [1.807, 2.05) is 18.2 Å². The number of carbonyl (C=O) groups is 1. The molecule has 0 bridgehead atoms. The van der Waals surface area contributed by atoms with Crippen molar-refractivity contribution in [3.63, 3.8) is 0 Å². The minimum absolute atomic E-state index is 0.00520. The predicted molar refractivity (Wildman–Crippen MR) is 137 cm³/mol. The van der Waals surface area contributed by atoms with Gasteiger partial charge in [0.05, 0.1) is 24.6 Å². The number of fused-ring (bicyclic) bond motifs is 1. The summed E-state index contributed by atoms with van der Waals surface area (Å²) in [6.07, 6.45) is 6.27. The van der Waals surface area contributed by atoms with Gasteiger partial charge in [-0.1, -0.05) is 6.92 Å². The number of ether oxygens (including phenoxy) is 1. The monoisotopic (exact) mass is 474 g/mol. The Balaban J connectivity index is 1.43. The molecule has 4 N–H and O–H groups in total. The number of pyridine rings is 3. The zero-order chi connectivity index (χ0) is 24.5. The molecule has 0 radical (unpaired) electrons. The number of amidine groups is 1. The number of amides is 1. The average molecular weight is 475 g/mol. The van der Waals surface area contributed by atoms with E-state index in [2.05, 4.69) is 49.3 Å². The fraction of sp³-hybridized carbons (Fsp3) is 0.400. The summed E-state index contributed by atoms with van der Waals surface area (Å²) in [6.45, 7) is 6.50. The van der Waals surface area contributed by atoms with Gasteiger partial charge in [0.15, 0.2) is 5.82 Å². The first-order valence-corrected chi connectivity index (χ1v) is 11.9. The maximum absolute atomic E-state index is 12.4. The van der Waals surface area contributed by atoms with Crippen LogP contribution < -0.4 is 21.3 Å². The van der Waals surface area contributed by atoms with Crippen molar-refractivity contribution in [2.75, 3.05) is 42.3 Å². The van der Waals surface area contributed by atoms with Crippen LogP contribution in [0.3, 0.4) is 0 Å². The first-order valence-electron chi connectivity index (χ1n) is 11.9. The highest BCUT2D eigenvalue weighted by Gasteiger charge is 2.39. The molecule has 1 aliphatic heterocycles. The van der Waals surface area contributed by atoms with E-state index in [9.17, 15) is 4.79 Å². The van der Waals surface area contributed by atoms with Gasteiger partial charge in [-0.2, -0.15) is 0 Å². The molecule has 0 aromatic carbocycles. The van der Waals surface area contributed by atoms with E-state index in [0.717, 1.165) is 36.0 Å². The molecule has 1 amide bonds. The van der Waals surface area contributed by atoms with Crippen molar-refractivity contribution >= 4 is 45.7 Å². The van der Waals surface area contributed by atoms with Crippen molar-refractivity contribution in [3.8, 4) is 0 Å². The summed E-state index contributed by atoms with van der Waals surface area (Å²) in [5.74, 6) is 2.40. The van der Waals surface area contributed by atoms with E-state index in [-0.39, 0.29) is 23.8 Å². The minimum Gasteiger partial charge on any atom is -0.383 e. The van der Waals surface area contributed by atoms with Crippen LogP contribution in [0.25, 0.3) is 10.8 Å². The number of rotatable bonds is 6. The molecule has 5 rings (SSSR count). The lowest BCUT2D eigenvalue weighted by Gasteiger charge is -2.32. The van der Waals surface area contributed by atoms with Crippen LogP contribution >= 0.6 is 0 Å². The lowest BCUT2D eigenvalue weighted by Crippen LogP contribution is -2.41. The summed E-state index contributed by atoms with van der Waals surface area (Å²) in [7, 11) is 1.80. The third kappa shape index (κ3) is 4.88. The zero-order valence-corrected chi connectivity index (χ0v) is 20.2. The van der Waals surface area contributed by atoms with Crippen LogP contribution in [0, 0.1) is 11.8 Å². The highest BCUT2D eigenvalue weighted by atomic mass is 16.5. The van der Waals surface area contributed by atoms with Crippen LogP contribution in [0.5, 0.6) is 0 Å². The molecule has 4 heterocycles. The van der Waals surface area contributed by atoms with Crippen LogP contribution in [0.2, 0.25) is 0 Å². The third-order valence-electron chi connectivity index (χ3n) is 6.56. The quantitative estimate of drug-likeness (QED) is 0.367. The van der Waals surface area contributed by atoms with Gasteiger partial charge in [-0.25, -0.2) is 19.9 Å². The molecular formula is C25H30N8O2. The van der Waals surface area contributed by atoms with E-state index in [1.54, 1.807) is 25.6 Å². The van der Waals surface area contributed by atoms with Crippen molar-refractivity contribution in [2.45, 2.75) is 26.4 Å². The Bertz CT molecular complexity index is 1280. The zero-order valence-electron chi connectivity index (χ0n) is 20.2. The summed E-state index contributed by atoms with van der Waals surface area (Å²) < 4.78 is 5.62. The fourth-order valence-corrected chi connectivity index (χ4v) is 4.38. The Morgan fingerprint density at radius 3 is 2.69 bits per heavy atom. The molecule has 3 aromatic rings. The lowest BCUT2D eigenvalue weighted by molar-refractivity contribution is -0.117. The summed E-state index contributed by atoms with van der Waals surface area (Å²) in [5, 5.41) is 7.57. The van der Waals surface area contributed by atoms with Crippen molar-refractivity contribution in [3.05, 3.63) is 42.4 Å². The summed E-state index contributed by atoms with van der Waals surface area (Å²) in [5.41, 5.74) is 8.10. The number of morpholine rings is 1. The van der Waals surface area contributed by atoms with Crippen molar-refractivity contribution in [1.29, 1.82) is 0 Å². The molecule has 0 spiro atoms. The molecule has 0 unspecified atom stereocenters. The molecule has 2 fully saturated rings. The Kier molecular flexibility index (Phi) is 6.21. The maximum Gasteiger partial charge on any atom is 0.228 e. The highest BCUT2D eigenvalue weighted by Crippen LogP contribution is 2.38. The molecule has 1 saturated heterocycles. The molecule has 1 saturated carbocycles. The van der Waals surface area contributed by atoms with Crippen molar-refractivity contribution in [2.24, 2.45) is 22.6 Å². The SMILES string of the molecule is CNc1ncc(C(N)=Nc2ccc(N3CCO[C@@H](C)C3)cn2)c2cc(NC(=O)[C@@H]3C[C@@H]3C)ncc12. The van der Waals surface area contributed by atoms with Gasteiger partial charge in [0.1, 0.15) is 17.5 Å². The van der Waals surface area contributed by atoms with E-state index in [0.29, 0.717) is 35.5 Å². The second kappa shape index (κ2) is 9.46. The molecular weight excluding hydrogens is 444 g/mol. The number of anilines is 3. The van der Waals surface area contributed by atoms with Gasteiger partial charge in [0.25, 0.3) is 0 Å². The molecule has 10 nitrogen and oxygen atoms in total. The fourth-order valence-electron chi connectivity index (χ4n) is 4.38. The van der Waals surface area contributed by atoms with Crippen molar-refractivity contribution < 1.29 is 9.53 Å². The van der Waals surface area contributed by atoms with Gasteiger partial charge in [-0.05, 0) is 37.5 Å². The molecule has 2 aliphatic rings. The Hall–Kier alpha value is -3.79. The van der Waals surface area contributed by atoms with Crippen LogP contribution in [0.1, 0.15) is 25.8 Å². The average Bonchev–Trinajstić information content (AvgIpc) is 3.60. The maximum atomic E-state index is 12.4. The Morgan fingerprint density at radius 1 is 1.17 bits per heavy atom. The Morgan fingerprint density at radius 2 is 2.00 bits per heavy atom. The van der Waals surface area contributed by atoms with E-state index < -0.39 is 0 Å². The number of aromatic nitrogens is 3. The second-order valence-corrected chi connectivity index (χ2v) is 9.19. The van der Waals surface area contributed by atoms with E-state index >= 15 is 0 Å². The summed E-state index contributed by atoms with van der Waals surface area (Å²) in [4.78, 5) is 32.6. The smallest absolute Gasteiger partial charge is 0.228 e. The normalized spacial score (nSPS) is 22.2. The number of nitrogens with one attached hydrogen (secondary N) is 2. The van der Waals surface area contributed by atoms with Gasteiger partial charge >= 0.3 is 0 Å². The Labute approximate surface area is 204 Å². The number of nitrogens with zero attached hydrogens (tertiary/aromatic N) is 5. The van der Waals surface area contributed by atoms with E-state index in [1.165, 1.54) is 0 Å². The van der Waals surface area contributed by atoms with Gasteiger partial charge in [-0.3, -0.25) is 4.79 Å². The number of aliphatic imine (C=N–C) groups is 1. The van der Waals surface area contributed by atoms with Gasteiger partial charge in [0, 0.05) is 54.8 Å². The van der Waals surface area contributed by atoms with Gasteiger partial charge < -0.3 is 26.0 Å². The number of nitrogens with two attached hydrogens (primary N) is 1. The topological polar surface area (TPSA) is 131 Å². The number of hydrogen-bond donors (Lipinski definition) is 3. The first-order chi connectivity index (χ1) is 16.9. The highest BCUT2D eigenvalue weighted by molar-refractivity contribution is 6.12. The molecule has 35 heavy (non-hydrogen) atoms. The summed E-state index contributed by atoms with van der Waals surface area (Å²) >= 11 is 0. The largest absolute Gasteiger partial charge is 0.383 e. The second-order valence-electron chi connectivity index (χ2n) is 9.19. The number of carbonyl (C=O) groups excluding carboxylic acids is 1. The number of hydrogen-bond acceptors (Lipinski definition) is 8. The van der Waals surface area contributed by atoms with Gasteiger partial charge in [-0.15, -0.1) is 0 Å². The van der Waals surface area contributed by atoms with Gasteiger partial charge in [0.2, 0.25) is 5.91 Å². The van der Waals surface area contributed by atoms with Crippen LogP contribution in [0.15, 0.2) is 41.8 Å². The standard InChI is InChI=1S/C25H30N8O2/c1-14-8-17(14)25(34)32-22-9-18-19(11-30-24(27-3)20(18)12-29-22)23(26)31-21-5-4-16(10-28-21)33-6-7-35-15(2)13-33/h4-5,9-12,14-15,17H,6-8,13H2,1-3H3,(H,27,30)(H2,26,28,31)(H,29,32,34)/t14-,15-,17+/m0/s1.